The summed E-state index contributed by atoms with van der Waals surface area (Å²) in [6.45, 7) is 0.531. The lowest BCUT2D eigenvalue weighted by molar-refractivity contribution is -0.123. The maximum Gasteiger partial charge on any atom is 0.337 e. The number of esters is 1. The molecule has 0 spiro atoms. The Bertz CT molecular complexity index is 705. The van der Waals surface area contributed by atoms with Crippen molar-refractivity contribution in [2.24, 2.45) is 5.92 Å². The number of methoxy groups -OCH3 is 1. The molecular weight excluding hydrogens is 338 g/mol. The Kier molecular flexibility index (Phi) is 5.58. The summed E-state index contributed by atoms with van der Waals surface area (Å²) < 4.78 is 4.66. The second kappa shape index (κ2) is 7.87. The normalized spacial score (nSPS) is 20.4. The molecule has 0 atom stereocenters. The van der Waals surface area contributed by atoms with Crippen LogP contribution in [0.2, 0.25) is 0 Å². The summed E-state index contributed by atoms with van der Waals surface area (Å²) in [6.07, 6.45) is 7.50. The van der Waals surface area contributed by atoms with Gasteiger partial charge < -0.3 is 4.74 Å². The summed E-state index contributed by atoms with van der Waals surface area (Å²) in [5, 5.41) is -0.187. The van der Waals surface area contributed by atoms with Gasteiger partial charge in [0.2, 0.25) is 0 Å². The summed E-state index contributed by atoms with van der Waals surface area (Å²) in [7, 11) is 1.33. The fraction of sp³-hybridized carbons (Fsp3) is 0.421. The first-order chi connectivity index (χ1) is 12.1. The Balaban J connectivity index is 1.70. The number of hydrogen-bond donors (Lipinski definition) is 0. The number of carbonyl (C=O) groups is 3. The smallest absolute Gasteiger partial charge is 0.337 e. The second-order valence-electron chi connectivity index (χ2n) is 6.41. The summed E-state index contributed by atoms with van der Waals surface area (Å²) in [4.78, 5) is 38.0. The van der Waals surface area contributed by atoms with Crippen LogP contribution in [-0.2, 0) is 9.53 Å². The van der Waals surface area contributed by atoms with E-state index in [0.717, 1.165) is 30.2 Å². The molecule has 0 bridgehead atoms. The molecule has 25 heavy (non-hydrogen) atoms. The van der Waals surface area contributed by atoms with Crippen LogP contribution in [0.1, 0.15) is 48.0 Å². The average molecular weight is 359 g/mol. The quantitative estimate of drug-likeness (QED) is 0.598. The van der Waals surface area contributed by atoms with Crippen molar-refractivity contribution in [2.45, 2.75) is 32.1 Å². The van der Waals surface area contributed by atoms with E-state index in [2.05, 4.69) is 4.74 Å². The van der Waals surface area contributed by atoms with E-state index in [0.29, 0.717) is 22.9 Å². The molecule has 2 aliphatic rings. The van der Waals surface area contributed by atoms with E-state index in [-0.39, 0.29) is 11.1 Å². The molecule has 1 aliphatic carbocycles. The molecule has 0 unspecified atom stereocenters. The van der Waals surface area contributed by atoms with Crippen LogP contribution in [0.3, 0.4) is 0 Å². The molecule has 1 saturated heterocycles. The van der Waals surface area contributed by atoms with E-state index in [4.69, 9.17) is 0 Å². The minimum absolute atomic E-state index is 0.187. The molecule has 1 heterocycles. The highest BCUT2D eigenvalue weighted by atomic mass is 32.2. The number of thioether (sulfide) groups is 1. The number of imide groups is 1. The highest BCUT2D eigenvalue weighted by Gasteiger charge is 2.36. The zero-order valence-corrected chi connectivity index (χ0v) is 15.0. The van der Waals surface area contributed by atoms with E-state index in [1.807, 2.05) is 0 Å². The fourth-order valence-corrected chi connectivity index (χ4v) is 4.12. The topological polar surface area (TPSA) is 63.7 Å². The van der Waals surface area contributed by atoms with Gasteiger partial charge >= 0.3 is 5.97 Å². The first kappa shape index (κ1) is 17.7. The fourth-order valence-electron chi connectivity index (χ4n) is 3.27. The maximum atomic E-state index is 12.6. The Morgan fingerprint density at radius 1 is 1.20 bits per heavy atom. The van der Waals surface area contributed by atoms with E-state index in [9.17, 15) is 14.4 Å². The third-order valence-electron chi connectivity index (χ3n) is 4.67. The van der Waals surface area contributed by atoms with Crippen molar-refractivity contribution in [1.29, 1.82) is 0 Å². The summed E-state index contributed by atoms with van der Waals surface area (Å²) in [6, 6.07) is 6.76. The van der Waals surface area contributed by atoms with Gasteiger partial charge in [-0.3, -0.25) is 14.5 Å². The van der Waals surface area contributed by atoms with Gasteiger partial charge in [0.15, 0.2) is 0 Å². The maximum absolute atomic E-state index is 12.6. The first-order valence-electron chi connectivity index (χ1n) is 8.52. The second-order valence-corrected chi connectivity index (χ2v) is 7.40. The van der Waals surface area contributed by atoms with E-state index < -0.39 is 5.97 Å². The van der Waals surface area contributed by atoms with Crippen molar-refractivity contribution >= 4 is 35.0 Å². The predicted octanol–water partition coefficient (Wildman–Crippen LogP) is 4.09. The highest BCUT2D eigenvalue weighted by Crippen LogP contribution is 2.34. The molecule has 2 fully saturated rings. The zero-order chi connectivity index (χ0) is 17.8. The minimum Gasteiger partial charge on any atom is -0.465 e. The van der Waals surface area contributed by atoms with Crippen LogP contribution >= 0.6 is 11.8 Å². The van der Waals surface area contributed by atoms with Gasteiger partial charge in [-0.05, 0) is 54.3 Å². The van der Waals surface area contributed by atoms with Crippen LogP contribution in [0.5, 0.6) is 0 Å². The van der Waals surface area contributed by atoms with Gasteiger partial charge in [0, 0.05) is 6.54 Å². The zero-order valence-electron chi connectivity index (χ0n) is 14.2. The van der Waals surface area contributed by atoms with E-state index in [1.165, 1.54) is 31.3 Å². The van der Waals surface area contributed by atoms with Crippen LogP contribution in [-0.4, -0.2) is 35.7 Å². The van der Waals surface area contributed by atoms with Crippen LogP contribution in [0.4, 0.5) is 4.79 Å². The van der Waals surface area contributed by atoms with Crippen molar-refractivity contribution in [3.05, 3.63) is 40.3 Å². The minimum atomic E-state index is -0.403. The molecule has 6 heteroatoms. The van der Waals surface area contributed by atoms with Gasteiger partial charge in [-0.15, -0.1) is 0 Å². The van der Waals surface area contributed by atoms with Crippen molar-refractivity contribution in [2.75, 3.05) is 13.7 Å². The van der Waals surface area contributed by atoms with Crippen molar-refractivity contribution in [1.82, 2.24) is 4.90 Å². The van der Waals surface area contributed by atoms with Crippen LogP contribution < -0.4 is 0 Å². The largest absolute Gasteiger partial charge is 0.465 e. The standard InChI is InChI=1S/C19H21NO4S/c1-24-18(22)15-9-7-13(8-10-15)11-16-17(21)20(19(23)25-16)12-14-5-3-2-4-6-14/h7-11,14H,2-6,12H2,1H3/b16-11+. The summed E-state index contributed by atoms with van der Waals surface area (Å²) >= 11 is 0.987. The Morgan fingerprint density at radius 2 is 1.88 bits per heavy atom. The number of benzene rings is 1. The van der Waals surface area contributed by atoms with Crippen molar-refractivity contribution in [3.8, 4) is 0 Å². The molecule has 0 aromatic heterocycles. The molecule has 1 saturated carbocycles. The number of ether oxygens (including phenoxy) is 1. The molecule has 1 aromatic carbocycles. The summed E-state index contributed by atoms with van der Waals surface area (Å²) in [5.41, 5.74) is 1.22. The van der Waals surface area contributed by atoms with Crippen molar-refractivity contribution in [3.63, 3.8) is 0 Å². The first-order valence-corrected chi connectivity index (χ1v) is 9.34. The molecule has 1 aliphatic heterocycles. The predicted molar refractivity (Wildman–Crippen MR) is 97.0 cm³/mol. The molecule has 5 nitrogen and oxygen atoms in total. The highest BCUT2D eigenvalue weighted by molar-refractivity contribution is 8.18. The number of nitrogens with zero attached hydrogens (tertiary/aromatic N) is 1. The van der Waals surface area contributed by atoms with Gasteiger partial charge in [0.05, 0.1) is 17.6 Å². The monoisotopic (exact) mass is 359 g/mol. The van der Waals surface area contributed by atoms with Gasteiger partial charge in [-0.2, -0.15) is 0 Å². The lowest BCUT2D eigenvalue weighted by Crippen LogP contribution is -2.34. The Morgan fingerprint density at radius 3 is 2.52 bits per heavy atom. The van der Waals surface area contributed by atoms with Crippen LogP contribution in [0.15, 0.2) is 29.2 Å². The molecule has 2 amide bonds. The molecule has 3 rings (SSSR count). The average Bonchev–Trinajstić information content (AvgIpc) is 2.90. The van der Waals surface area contributed by atoms with E-state index >= 15 is 0 Å². The lowest BCUT2D eigenvalue weighted by atomic mass is 9.89. The molecule has 1 aromatic rings. The van der Waals surface area contributed by atoms with Crippen molar-refractivity contribution < 1.29 is 19.1 Å². The summed E-state index contributed by atoms with van der Waals surface area (Å²) in [5.74, 6) is -0.182. The third-order valence-corrected chi connectivity index (χ3v) is 5.58. The van der Waals surface area contributed by atoms with Crippen LogP contribution in [0.25, 0.3) is 6.08 Å². The SMILES string of the molecule is COC(=O)c1ccc(/C=C2/SC(=O)N(CC3CCCCC3)C2=O)cc1. The van der Waals surface area contributed by atoms with Gasteiger partial charge in [0.1, 0.15) is 0 Å². The van der Waals surface area contributed by atoms with Crippen LogP contribution in [0, 0.1) is 5.92 Å². The molecule has 0 N–H and O–H groups in total. The van der Waals surface area contributed by atoms with E-state index in [1.54, 1.807) is 30.3 Å². The van der Waals surface area contributed by atoms with Gasteiger partial charge in [-0.1, -0.05) is 31.4 Å². The van der Waals surface area contributed by atoms with Gasteiger partial charge in [-0.25, -0.2) is 4.79 Å². The Hall–Kier alpha value is -2.08. The Labute approximate surface area is 151 Å². The third kappa shape index (κ3) is 4.12. The number of carbonyl (C=O) groups excluding carboxylic acids is 3. The molecule has 132 valence electrons. The number of amides is 2. The van der Waals surface area contributed by atoms with Gasteiger partial charge in [0.25, 0.3) is 11.1 Å². The molecule has 0 radical (unpaired) electrons. The number of rotatable bonds is 4. The lowest BCUT2D eigenvalue weighted by Gasteiger charge is -2.25. The molecular formula is C19H21NO4S. The number of hydrogen-bond acceptors (Lipinski definition) is 5.